The molecule has 38 heavy (non-hydrogen) atoms. The summed E-state index contributed by atoms with van der Waals surface area (Å²) in [5.74, 6) is -0.514. The van der Waals surface area contributed by atoms with Crippen molar-refractivity contribution in [3.8, 4) is 11.6 Å². The van der Waals surface area contributed by atoms with Gasteiger partial charge in [0.25, 0.3) is 22.3 Å². The average molecular weight is 572 g/mol. The Hall–Kier alpha value is -3.34. The van der Waals surface area contributed by atoms with Crippen molar-refractivity contribution in [2.45, 2.75) is 56.5 Å². The summed E-state index contributed by atoms with van der Waals surface area (Å²) in [6.45, 7) is 1.68. The summed E-state index contributed by atoms with van der Waals surface area (Å²) in [4.78, 5) is 11.6. The van der Waals surface area contributed by atoms with Crippen molar-refractivity contribution < 1.29 is 49.4 Å². The number of nitrogens with one attached hydrogen (secondary N) is 1. The second kappa shape index (κ2) is 10.8. The third kappa shape index (κ3) is 6.20. The van der Waals surface area contributed by atoms with Gasteiger partial charge in [-0.15, -0.1) is 5.10 Å². The molecule has 0 fully saturated rings. The molecule has 0 saturated heterocycles. The number of ether oxygens (including phenoxy) is 3. The highest BCUT2D eigenvalue weighted by Gasteiger charge is 2.51. The van der Waals surface area contributed by atoms with Gasteiger partial charge in [0.1, 0.15) is 11.9 Å². The predicted molar refractivity (Wildman–Crippen MR) is 124 cm³/mol. The zero-order chi connectivity index (χ0) is 28.5. The molecule has 0 spiro atoms. The van der Waals surface area contributed by atoms with Crippen LogP contribution in [0.2, 0.25) is 0 Å². The number of amides is 1. The van der Waals surface area contributed by atoms with Crippen LogP contribution >= 0.6 is 0 Å². The van der Waals surface area contributed by atoms with Crippen molar-refractivity contribution in [1.82, 2.24) is 9.78 Å². The minimum Gasteiger partial charge on any atom is -0.485 e. The van der Waals surface area contributed by atoms with Gasteiger partial charge in [-0.3, -0.25) is 14.3 Å². The summed E-state index contributed by atoms with van der Waals surface area (Å²) in [6, 6.07) is 3.69. The van der Waals surface area contributed by atoms with Crippen molar-refractivity contribution in [3.05, 3.63) is 24.4 Å². The fourth-order valence-electron chi connectivity index (χ4n) is 3.26. The van der Waals surface area contributed by atoms with E-state index >= 15 is 0 Å². The number of hydrogen-bond acceptors (Lipinski definition) is 8. The maximum absolute atomic E-state index is 13.7. The molecule has 0 saturated carbocycles. The molecule has 2 aromatic rings. The summed E-state index contributed by atoms with van der Waals surface area (Å²) in [5.41, 5.74) is 2.68. The standard InChI is InChI=1S/C21H26F5N5O6S/c1-4-30-10-16(18(29-30)35-11-17(22)23)38(33,34)31-9-13(8-27)36-15-6-5-12(7-14(15)31)28-19(32)37-20(2,3)21(24,25)26/h5-7,10,13,17H,4,8-9,11,27H2,1-3H3,(H,28,32)/t13-/m0/s1. The van der Waals surface area contributed by atoms with Crippen LogP contribution in [0.4, 0.5) is 38.1 Å². The van der Waals surface area contributed by atoms with Crippen LogP contribution in [0.3, 0.4) is 0 Å². The van der Waals surface area contributed by atoms with Gasteiger partial charge in [-0.25, -0.2) is 22.0 Å². The molecule has 1 amide bonds. The molecule has 1 aromatic carbocycles. The van der Waals surface area contributed by atoms with Crippen LogP contribution in [0.5, 0.6) is 11.6 Å². The highest BCUT2D eigenvalue weighted by atomic mass is 32.2. The molecule has 11 nitrogen and oxygen atoms in total. The molecule has 0 unspecified atom stereocenters. The molecule has 1 aliphatic rings. The van der Waals surface area contributed by atoms with E-state index in [9.17, 15) is 35.2 Å². The van der Waals surface area contributed by atoms with Gasteiger partial charge in [-0.2, -0.15) is 13.2 Å². The number of rotatable bonds is 9. The number of sulfonamides is 1. The molecule has 1 aromatic heterocycles. The maximum Gasteiger partial charge on any atom is 0.427 e. The minimum absolute atomic E-state index is 0.0303. The van der Waals surface area contributed by atoms with E-state index in [4.69, 9.17) is 15.2 Å². The summed E-state index contributed by atoms with van der Waals surface area (Å²) in [6.07, 6.45) is -8.87. The monoisotopic (exact) mass is 571 g/mol. The topological polar surface area (TPSA) is 138 Å². The summed E-state index contributed by atoms with van der Waals surface area (Å²) in [5, 5.41) is 6.03. The molecule has 17 heteroatoms. The molecule has 1 atom stereocenters. The molecule has 0 radical (unpaired) electrons. The van der Waals surface area contributed by atoms with Gasteiger partial charge in [-0.1, -0.05) is 0 Å². The lowest BCUT2D eigenvalue weighted by Crippen LogP contribution is -2.46. The van der Waals surface area contributed by atoms with Crippen molar-refractivity contribution in [3.63, 3.8) is 0 Å². The molecular weight excluding hydrogens is 545 g/mol. The Morgan fingerprint density at radius 2 is 2.00 bits per heavy atom. The normalized spacial score (nSPS) is 16.2. The fourth-order valence-corrected chi connectivity index (χ4v) is 4.83. The molecular formula is C21H26F5N5O6S. The largest absolute Gasteiger partial charge is 0.485 e. The molecule has 0 bridgehead atoms. The first-order chi connectivity index (χ1) is 17.6. The van der Waals surface area contributed by atoms with Crippen molar-refractivity contribution in [2.24, 2.45) is 5.73 Å². The number of aryl methyl sites for hydroxylation is 1. The van der Waals surface area contributed by atoms with Gasteiger partial charge in [-0.05, 0) is 39.0 Å². The lowest BCUT2D eigenvalue weighted by Gasteiger charge is -2.35. The lowest BCUT2D eigenvalue weighted by atomic mass is 10.1. The first-order valence-corrected chi connectivity index (χ1v) is 12.6. The van der Waals surface area contributed by atoms with E-state index < -0.39 is 57.8 Å². The van der Waals surface area contributed by atoms with E-state index in [1.165, 1.54) is 16.8 Å². The quantitative estimate of drug-likeness (QED) is 0.437. The van der Waals surface area contributed by atoms with Crippen molar-refractivity contribution in [2.75, 3.05) is 29.3 Å². The minimum atomic E-state index is -4.84. The number of anilines is 2. The number of nitrogens with two attached hydrogens (primary N) is 1. The highest BCUT2D eigenvalue weighted by molar-refractivity contribution is 7.93. The Morgan fingerprint density at radius 3 is 2.58 bits per heavy atom. The van der Waals surface area contributed by atoms with Gasteiger partial charge in [0.2, 0.25) is 5.60 Å². The summed E-state index contributed by atoms with van der Waals surface area (Å²) in [7, 11) is -4.53. The summed E-state index contributed by atoms with van der Waals surface area (Å²) >= 11 is 0. The van der Waals surface area contributed by atoms with E-state index in [0.29, 0.717) is 13.8 Å². The first kappa shape index (κ1) is 29.2. The predicted octanol–water partition coefficient (Wildman–Crippen LogP) is 3.35. The van der Waals surface area contributed by atoms with Crippen LogP contribution in [0.1, 0.15) is 20.8 Å². The highest BCUT2D eigenvalue weighted by Crippen LogP contribution is 2.40. The van der Waals surface area contributed by atoms with Crippen LogP contribution in [-0.2, 0) is 21.3 Å². The number of fused-ring (bicyclic) bond motifs is 1. The van der Waals surface area contributed by atoms with Crippen LogP contribution in [0.25, 0.3) is 0 Å². The van der Waals surface area contributed by atoms with Crippen molar-refractivity contribution in [1.29, 1.82) is 0 Å². The second-order valence-corrected chi connectivity index (χ2v) is 10.4. The number of nitrogens with zero attached hydrogens (tertiary/aromatic N) is 3. The Kier molecular flexibility index (Phi) is 8.30. The molecule has 1 aliphatic heterocycles. The number of aromatic nitrogens is 2. The SMILES string of the molecule is CCn1cc(S(=O)(=O)N2C[C@H](CN)Oc3ccc(NC(=O)OC(C)(C)C(F)(F)F)cc32)c(OCC(F)F)n1. The average Bonchev–Trinajstić information content (AvgIpc) is 3.25. The Bertz CT molecular complexity index is 1270. The lowest BCUT2D eigenvalue weighted by molar-refractivity contribution is -0.242. The molecule has 212 valence electrons. The third-order valence-electron chi connectivity index (χ3n) is 5.36. The molecule has 3 N–H and O–H groups in total. The Labute approximate surface area is 214 Å². The van der Waals surface area contributed by atoms with E-state index in [1.54, 1.807) is 6.92 Å². The number of carbonyl (C=O) groups is 1. The van der Waals surface area contributed by atoms with E-state index in [2.05, 4.69) is 15.2 Å². The van der Waals surface area contributed by atoms with E-state index in [1.807, 2.05) is 0 Å². The summed E-state index contributed by atoms with van der Waals surface area (Å²) < 4.78 is 109. The molecule has 2 heterocycles. The van der Waals surface area contributed by atoms with Gasteiger partial charge in [0.15, 0.2) is 11.5 Å². The number of hydrogen-bond donors (Lipinski definition) is 2. The smallest absolute Gasteiger partial charge is 0.427 e. The zero-order valence-corrected chi connectivity index (χ0v) is 21.3. The maximum atomic E-state index is 13.7. The van der Waals surface area contributed by atoms with Crippen LogP contribution < -0.4 is 24.8 Å². The number of benzene rings is 1. The van der Waals surface area contributed by atoms with Crippen LogP contribution in [0, 0.1) is 0 Å². The zero-order valence-electron chi connectivity index (χ0n) is 20.5. The molecule has 0 aliphatic carbocycles. The molecule has 3 rings (SSSR count). The third-order valence-corrected chi connectivity index (χ3v) is 7.13. The van der Waals surface area contributed by atoms with Crippen LogP contribution in [-0.4, -0.2) is 68.3 Å². The van der Waals surface area contributed by atoms with E-state index in [-0.39, 0.29) is 36.8 Å². The fraction of sp³-hybridized carbons (Fsp3) is 0.524. The number of carbonyl (C=O) groups excluding carboxylic acids is 1. The van der Waals surface area contributed by atoms with E-state index in [0.717, 1.165) is 16.6 Å². The second-order valence-electron chi connectivity index (χ2n) is 8.57. The van der Waals surface area contributed by atoms with Crippen LogP contribution in [0.15, 0.2) is 29.3 Å². The Balaban J connectivity index is 1.99. The van der Waals surface area contributed by atoms with Gasteiger partial charge in [0.05, 0.1) is 12.2 Å². The Morgan fingerprint density at radius 1 is 1.32 bits per heavy atom. The number of alkyl halides is 5. The van der Waals surface area contributed by atoms with Crippen molar-refractivity contribution >= 4 is 27.5 Å². The number of halogens is 5. The van der Waals surface area contributed by atoms with Gasteiger partial charge < -0.3 is 19.9 Å². The van der Waals surface area contributed by atoms with Gasteiger partial charge in [0, 0.05) is 25.0 Å². The van der Waals surface area contributed by atoms with Gasteiger partial charge >= 0.3 is 12.3 Å². The first-order valence-electron chi connectivity index (χ1n) is 11.2.